The van der Waals surface area contributed by atoms with Crippen LogP contribution >= 0.6 is 11.3 Å². The molecule has 1 aliphatic heterocycles. The molecule has 0 aliphatic carbocycles. The molecule has 5 rings (SSSR count). The number of piperazine rings is 1. The van der Waals surface area contributed by atoms with Crippen molar-refractivity contribution in [1.29, 1.82) is 0 Å². The van der Waals surface area contributed by atoms with Crippen molar-refractivity contribution in [3.8, 4) is 11.5 Å². The summed E-state index contributed by atoms with van der Waals surface area (Å²) in [6, 6.07) is 25.0. The highest BCUT2D eigenvalue weighted by Crippen LogP contribution is 2.38. The molecule has 1 fully saturated rings. The molecule has 6 heteroatoms. The fourth-order valence-corrected chi connectivity index (χ4v) is 5.41. The zero-order valence-corrected chi connectivity index (χ0v) is 19.7. The minimum Gasteiger partial charge on any atom is -0.490 e. The van der Waals surface area contributed by atoms with Crippen LogP contribution in [0.25, 0.3) is 10.2 Å². The first-order valence-electron chi connectivity index (χ1n) is 11.6. The lowest BCUT2D eigenvalue weighted by Gasteiger charge is -2.34. The Kier molecular flexibility index (Phi) is 6.86. The SMILES string of the molecule is CCOc1cc(C(c2nc3ccccc3s2)N2CCNCC2)ccc1OCc1ccccc1. The van der Waals surface area contributed by atoms with E-state index in [1.54, 1.807) is 11.3 Å². The zero-order chi connectivity index (χ0) is 22.5. The second kappa shape index (κ2) is 10.3. The van der Waals surface area contributed by atoms with Gasteiger partial charge in [0.1, 0.15) is 11.6 Å². The average Bonchev–Trinajstić information content (AvgIpc) is 3.29. The summed E-state index contributed by atoms with van der Waals surface area (Å²) in [5, 5.41) is 4.59. The molecule has 170 valence electrons. The number of rotatable bonds is 8. The van der Waals surface area contributed by atoms with Crippen LogP contribution in [0.2, 0.25) is 0 Å². The van der Waals surface area contributed by atoms with E-state index in [1.807, 2.05) is 31.2 Å². The average molecular weight is 460 g/mol. The quantitative estimate of drug-likeness (QED) is 0.389. The smallest absolute Gasteiger partial charge is 0.161 e. The van der Waals surface area contributed by atoms with Crippen LogP contribution in [0, 0.1) is 0 Å². The molecule has 1 unspecified atom stereocenters. The molecule has 1 aliphatic rings. The molecule has 0 saturated carbocycles. The van der Waals surface area contributed by atoms with E-state index in [0.29, 0.717) is 13.2 Å². The Bertz CT molecular complexity index is 1160. The van der Waals surface area contributed by atoms with Gasteiger partial charge in [-0.2, -0.15) is 0 Å². The first kappa shape index (κ1) is 21.9. The lowest BCUT2D eigenvalue weighted by atomic mass is 10.0. The van der Waals surface area contributed by atoms with Crippen molar-refractivity contribution >= 4 is 21.6 Å². The predicted molar refractivity (Wildman–Crippen MR) is 134 cm³/mol. The van der Waals surface area contributed by atoms with Gasteiger partial charge >= 0.3 is 0 Å². The molecule has 0 spiro atoms. The highest BCUT2D eigenvalue weighted by molar-refractivity contribution is 7.18. The predicted octanol–water partition coefficient (Wildman–Crippen LogP) is 5.27. The summed E-state index contributed by atoms with van der Waals surface area (Å²) in [6.07, 6.45) is 0. The number of para-hydroxylation sites is 1. The van der Waals surface area contributed by atoms with Crippen LogP contribution in [0.1, 0.15) is 29.1 Å². The van der Waals surface area contributed by atoms with Crippen molar-refractivity contribution in [2.75, 3.05) is 32.8 Å². The molecule has 2 heterocycles. The van der Waals surface area contributed by atoms with Gasteiger partial charge in [0.05, 0.1) is 22.9 Å². The second-order valence-corrected chi connectivity index (χ2v) is 9.18. The Hall–Kier alpha value is -2.93. The molecule has 5 nitrogen and oxygen atoms in total. The number of hydrogen-bond acceptors (Lipinski definition) is 6. The second-order valence-electron chi connectivity index (χ2n) is 8.12. The van der Waals surface area contributed by atoms with Crippen molar-refractivity contribution in [1.82, 2.24) is 15.2 Å². The van der Waals surface area contributed by atoms with Crippen LogP contribution in [-0.2, 0) is 6.61 Å². The summed E-state index contributed by atoms with van der Waals surface area (Å²) < 4.78 is 13.4. The number of aromatic nitrogens is 1. The van der Waals surface area contributed by atoms with Crippen LogP contribution in [0.15, 0.2) is 72.8 Å². The van der Waals surface area contributed by atoms with E-state index in [9.17, 15) is 0 Å². The number of benzene rings is 3. The Morgan fingerprint density at radius 3 is 2.52 bits per heavy atom. The van der Waals surface area contributed by atoms with E-state index >= 15 is 0 Å². The largest absolute Gasteiger partial charge is 0.490 e. The number of nitrogens with zero attached hydrogens (tertiary/aromatic N) is 2. The number of nitrogens with one attached hydrogen (secondary N) is 1. The lowest BCUT2D eigenvalue weighted by molar-refractivity contribution is 0.197. The van der Waals surface area contributed by atoms with Crippen molar-refractivity contribution in [2.45, 2.75) is 19.6 Å². The van der Waals surface area contributed by atoms with Gasteiger partial charge in [0.15, 0.2) is 11.5 Å². The van der Waals surface area contributed by atoms with E-state index in [2.05, 4.69) is 58.7 Å². The van der Waals surface area contributed by atoms with E-state index in [-0.39, 0.29) is 6.04 Å². The van der Waals surface area contributed by atoms with Crippen LogP contribution in [0.4, 0.5) is 0 Å². The fourth-order valence-electron chi connectivity index (χ4n) is 4.27. The molecule has 3 aromatic carbocycles. The Morgan fingerprint density at radius 2 is 1.73 bits per heavy atom. The fraction of sp³-hybridized carbons (Fsp3) is 0.296. The van der Waals surface area contributed by atoms with E-state index in [0.717, 1.165) is 53.8 Å². The maximum atomic E-state index is 6.15. The third-order valence-electron chi connectivity index (χ3n) is 5.88. The van der Waals surface area contributed by atoms with Crippen LogP contribution < -0.4 is 14.8 Å². The van der Waals surface area contributed by atoms with Crippen LogP contribution in [-0.4, -0.2) is 42.7 Å². The number of hydrogen-bond donors (Lipinski definition) is 1. The van der Waals surface area contributed by atoms with Gasteiger partial charge in [0, 0.05) is 26.2 Å². The molecule has 33 heavy (non-hydrogen) atoms. The molecule has 0 bridgehead atoms. The van der Waals surface area contributed by atoms with Crippen molar-refractivity contribution in [3.63, 3.8) is 0 Å². The van der Waals surface area contributed by atoms with Crippen molar-refractivity contribution < 1.29 is 9.47 Å². The summed E-state index contributed by atoms with van der Waals surface area (Å²) in [5.74, 6) is 1.56. The van der Waals surface area contributed by atoms with Crippen LogP contribution in [0.5, 0.6) is 11.5 Å². The third kappa shape index (κ3) is 5.03. The number of thiazole rings is 1. The van der Waals surface area contributed by atoms with Crippen LogP contribution in [0.3, 0.4) is 0 Å². The highest BCUT2D eigenvalue weighted by atomic mass is 32.1. The lowest BCUT2D eigenvalue weighted by Crippen LogP contribution is -2.45. The maximum Gasteiger partial charge on any atom is 0.161 e. The summed E-state index contributed by atoms with van der Waals surface area (Å²) in [4.78, 5) is 7.54. The van der Waals surface area contributed by atoms with Gasteiger partial charge in [0.25, 0.3) is 0 Å². The van der Waals surface area contributed by atoms with Gasteiger partial charge in [0.2, 0.25) is 0 Å². The van der Waals surface area contributed by atoms with E-state index < -0.39 is 0 Å². The van der Waals surface area contributed by atoms with Gasteiger partial charge in [-0.05, 0) is 42.3 Å². The molecule has 4 aromatic rings. The summed E-state index contributed by atoms with van der Waals surface area (Å²) in [6.45, 7) is 7.04. The first-order chi connectivity index (χ1) is 16.3. The highest BCUT2D eigenvalue weighted by Gasteiger charge is 2.28. The molecule has 0 radical (unpaired) electrons. The van der Waals surface area contributed by atoms with Gasteiger partial charge in [-0.15, -0.1) is 11.3 Å². The number of ether oxygens (including phenoxy) is 2. The number of fused-ring (bicyclic) bond motifs is 1. The van der Waals surface area contributed by atoms with Gasteiger partial charge in [-0.1, -0.05) is 48.5 Å². The molecule has 1 saturated heterocycles. The maximum absolute atomic E-state index is 6.15. The minimum atomic E-state index is 0.0897. The Labute approximate surface area is 199 Å². The third-order valence-corrected chi connectivity index (χ3v) is 6.97. The van der Waals surface area contributed by atoms with Gasteiger partial charge in [-0.25, -0.2) is 4.98 Å². The standard InChI is InChI=1S/C27H29N3O2S/c1-2-31-24-18-21(12-13-23(24)32-19-20-8-4-3-5-9-20)26(30-16-14-28-15-17-30)27-29-22-10-6-7-11-25(22)33-27/h3-13,18,26,28H,2,14-17,19H2,1H3. The molecule has 1 aromatic heterocycles. The summed E-state index contributed by atoms with van der Waals surface area (Å²) in [7, 11) is 0. The Balaban J connectivity index is 1.49. The van der Waals surface area contributed by atoms with Gasteiger partial charge in [-0.3, -0.25) is 4.90 Å². The van der Waals surface area contributed by atoms with Crippen molar-refractivity contribution in [2.24, 2.45) is 0 Å². The van der Waals surface area contributed by atoms with E-state index in [4.69, 9.17) is 14.5 Å². The summed E-state index contributed by atoms with van der Waals surface area (Å²) >= 11 is 1.78. The Morgan fingerprint density at radius 1 is 0.939 bits per heavy atom. The molecular formula is C27H29N3O2S. The minimum absolute atomic E-state index is 0.0897. The zero-order valence-electron chi connectivity index (χ0n) is 18.9. The topological polar surface area (TPSA) is 46.6 Å². The molecular weight excluding hydrogens is 430 g/mol. The molecule has 1 N–H and O–H groups in total. The monoisotopic (exact) mass is 459 g/mol. The first-order valence-corrected chi connectivity index (χ1v) is 12.4. The molecule has 0 amide bonds. The van der Waals surface area contributed by atoms with Crippen molar-refractivity contribution in [3.05, 3.63) is 88.9 Å². The normalized spacial score (nSPS) is 15.4. The van der Waals surface area contributed by atoms with E-state index in [1.165, 1.54) is 10.3 Å². The summed E-state index contributed by atoms with van der Waals surface area (Å²) in [5.41, 5.74) is 3.38. The molecule has 1 atom stereocenters. The van der Waals surface area contributed by atoms with Gasteiger partial charge < -0.3 is 14.8 Å².